The van der Waals surface area contributed by atoms with Crippen LogP contribution in [0.2, 0.25) is 0 Å². The molecule has 0 spiro atoms. The van der Waals surface area contributed by atoms with Crippen LogP contribution in [0, 0.1) is 0 Å². The van der Waals surface area contributed by atoms with E-state index < -0.39 is 0 Å². The van der Waals surface area contributed by atoms with Crippen molar-refractivity contribution in [3.8, 4) is 0 Å². The highest BCUT2D eigenvalue weighted by Crippen LogP contribution is 2.12. The van der Waals surface area contributed by atoms with E-state index in [1.807, 2.05) is 14.1 Å². The zero-order chi connectivity index (χ0) is 6.15. The van der Waals surface area contributed by atoms with E-state index in [0.717, 1.165) is 13.1 Å². The zero-order valence-corrected chi connectivity index (χ0v) is 6.02. The fraction of sp³-hybridized carbons (Fsp3) is 1.00. The molecule has 1 fully saturated rings. The second-order valence-electron chi connectivity index (χ2n) is 2.27. The van der Waals surface area contributed by atoms with Crippen LogP contribution < -0.4 is 0 Å². The minimum atomic E-state index is 0.120. The monoisotopic (exact) mass is 134 g/mol. The van der Waals surface area contributed by atoms with Crippen molar-refractivity contribution in [3.05, 3.63) is 0 Å². The Hall–Kier alpha value is 0.210. The van der Waals surface area contributed by atoms with Crippen molar-refractivity contribution < 1.29 is 0 Å². The molecule has 0 aromatic rings. The molecule has 0 aliphatic carbocycles. The van der Waals surface area contributed by atoms with E-state index in [4.69, 9.17) is 11.6 Å². The van der Waals surface area contributed by atoms with Crippen LogP contribution in [0.5, 0.6) is 0 Å². The molecular formula is C5H11ClN2. The molecule has 3 heteroatoms. The number of halogens is 1. The van der Waals surface area contributed by atoms with Crippen molar-refractivity contribution in [2.75, 3.05) is 27.2 Å². The van der Waals surface area contributed by atoms with Gasteiger partial charge in [0.25, 0.3) is 0 Å². The summed E-state index contributed by atoms with van der Waals surface area (Å²) in [6.45, 7) is 2.18. The van der Waals surface area contributed by atoms with Crippen LogP contribution >= 0.6 is 11.6 Å². The van der Waals surface area contributed by atoms with Crippen molar-refractivity contribution >= 4 is 11.6 Å². The molecule has 0 N–H and O–H groups in total. The summed E-state index contributed by atoms with van der Waals surface area (Å²) in [5.74, 6) is 0. The van der Waals surface area contributed by atoms with Gasteiger partial charge in [0.1, 0.15) is 5.62 Å². The lowest BCUT2D eigenvalue weighted by atomic mass is 10.6. The van der Waals surface area contributed by atoms with Crippen molar-refractivity contribution in [2.24, 2.45) is 0 Å². The maximum absolute atomic E-state index is 5.86. The molecule has 0 aromatic carbocycles. The molecule has 1 rings (SSSR count). The number of nitrogens with zero attached hydrogens (tertiary/aromatic N) is 2. The van der Waals surface area contributed by atoms with Gasteiger partial charge in [0, 0.05) is 13.1 Å². The summed E-state index contributed by atoms with van der Waals surface area (Å²) in [6, 6.07) is 0. The Balaban J connectivity index is 2.44. The minimum Gasteiger partial charge on any atom is -0.277 e. The Morgan fingerprint density at radius 1 is 1.25 bits per heavy atom. The number of alkyl halides is 1. The van der Waals surface area contributed by atoms with Crippen LogP contribution in [0.15, 0.2) is 0 Å². The number of hydrogen-bond donors (Lipinski definition) is 0. The largest absolute Gasteiger partial charge is 0.277 e. The van der Waals surface area contributed by atoms with Crippen LogP contribution in [0.1, 0.15) is 0 Å². The second-order valence-corrected chi connectivity index (χ2v) is 2.66. The molecule has 0 saturated carbocycles. The van der Waals surface area contributed by atoms with Gasteiger partial charge in [-0.15, -0.1) is 0 Å². The van der Waals surface area contributed by atoms with E-state index in [2.05, 4.69) is 9.80 Å². The van der Waals surface area contributed by atoms with Gasteiger partial charge in [-0.25, -0.2) is 0 Å². The lowest BCUT2D eigenvalue weighted by Gasteiger charge is -2.16. The third-order valence-corrected chi connectivity index (χ3v) is 2.20. The van der Waals surface area contributed by atoms with Crippen LogP contribution in [0.3, 0.4) is 0 Å². The first-order valence-corrected chi connectivity index (χ1v) is 3.20. The third-order valence-electron chi connectivity index (χ3n) is 1.53. The Kier molecular flexibility index (Phi) is 1.75. The molecule has 2 nitrogen and oxygen atoms in total. The average molecular weight is 135 g/mol. The molecule has 0 aromatic heterocycles. The predicted octanol–water partition coefficient (Wildman–Crippen LogP) is 0.386. The summed E-state index contributed by atoms with van der Waals surface area (Å²) in [6.07, 6.45) is 0. The first kappa shape index (κ1) is 6.33. The van der Waals surface area contributed by atoms with E-state index >= 15 is 0 Å². The van der Waals surface area contributed by atoms with Crippen LogP contribution in [0.25, 0.3) is 0 Å². The van der Waals surface area contributed by atoms with Crippen molar-refractivity contribution in [1.82, 2.24) is 9.80 Å². The summed E-state index contributed by atoms with van der Waals surface area (Å²) in [7, 11) is 4.06. The van der Waals surface area contributed by atoms with Gasteiger partial charge >= 0.3 is 0 Å². The van der Waals surface area contributed by atoms with Gasteiger partial charge in [-0.1, -0.05) is 11.6 Å². The molecule has 1 saturated heterocycles. The quantitative estimate of drug-likeness (QED) is 0.349. The lowest BCUT2D eigenvalue weighted by molar-refractivity contribution is 0.273. The average Bonchev–Trinajstić information content (AvgIpc) is 1.98. The molecule has 0 bridgehead atoms. The van der Waals surface area contributed by atoms with Crippen LogP contribution in [-0.2, 0) is 0 Å². The molecule has 1 heterocycles. The van der Waals surface area contributed by atoms with Gasteiger partial charge in [-0.05, 0) is 14.1 Å². The zero-order valence-electron chi connectivity index (χ0n) is 5.26. The van der Waals surface area contributed by atoms with Gasteiger partial charge in [-0.3, -0.25) is 9.80 Å². The van der Waals surface area contributed by atoms with E-state index in [1.54, 1.807) is 0 Å². The fourth-order valence-corrected chi connectivity index (χ4v) is 1.06. The molecular weight excluding hydrogens is 124 g/mol. The SMILES string of the molecule is CN1CCN(C)C1Cl. The van der Waals surface area contributed by atoms with Crippen molar-refractivity contribution in [3.63, 3.8) is 0 Å². The minimum absolute atomic E-state index is 0.120. The summed E-state index contributed by atoms with van der Waals surface area (Å²) >= 11 is 5.86. The number of hydrogen-bond acceptors (Lipinski definition) is 2. The maximum atomic E-state index is 5.86. The smallest absolute Gasteiger partial charge is 0.139 e. The standard InChI is InChI=1S/C5H11ClN2/c1-7-3-4-8(2)5(7)6/h5H,3-4H2,1-2H3. The number of likely N-dealkylation sites (N-methyl/N-ethyl adjacent to an activating group) is 2. The van der Waals surface area contributed by atoms with Gasteiger partial charge in [0.05, 0.1) is 0 Å². The van der Waals surface area contributed by atoms with E-state index in [1.165, 1.54) is 0 Å². The van der Waals surface area contributed by atoms with Gasteiger partial charge in [-0.2, -0.15) is 0 Å². The van der Waals surface area contributed by atoms with Crippen molar-refractivity contribution in [1.29, 1.82) is 0 Å². The normalized spacial score (nSPS) is 27.4. The molecule has 8 heavy (non-hydrogen) atoms. The van der Waals surface area contributed by atoms with Gasteiger partial charge < -0.3 is 0 Å². The Morgan fingerprint density at radius 2 is 1.62 bits per heavy atom. The summed E-state index contributed by atoms with van der Waals surface area (Å²) < 4.78 is 0. The molecule has 1 aliphatic heterocycles. The second kappa shape index (κ2) is 2.21. The Labute approximate surface area is 55.0 Å². The molecule has 48 valence electrons. The highest BCUT2D eigenvalue weighted by Gasteiger charge is 2.22. The summed E-state index contributed by atoms with van der Waals surface area (Å²) in [5.41, 5.74) is 0.120. The summed E-state index contributed by atoms with van der Waals surface area (Å²) in [5, 5.41) is 0. The van der Waals surface area contributed by atoms with E-state index in [0.29, 0.717) is 0 Å². The predicted molar refractivity (Wildman–Crippen MR) is 34.9 cm³/mol. The molecule has 0 atom stereocenters. The Bertz CT molecular complexity index is 76.5. The lowest BCUT2D eigenvalue weighted by Crippen LogP contribution is -2.28. The highest BCUT2D eigenvalue weighted by atomic mass is 35.5. The fourth-order valence-electron chi connectivity index (χ4n) is 0.865. The molecule has 1 aliphatic rings. The summed E-state index contributed by atoms with van der Waals surface area (Å²) in [4.78, 5) is 4.23. The third kappa shape index (κ3) is 0.966. The van der Waals surface area contributed by atoms with Crippen molar-refractivity contribution in [2.45, 2.75) is 5.62 Å². The van der Waals surface area contributed by atoms with E-state index in [-0.39, 0.29) is 5.62 Å². The molecule has 0 unspecified atom stereocenters. The Morgan fingerprint density at radius 3 is 1.75 bits per heavy atom. The van der Waals surface area contributed by atoms with Crippen LogP contribution in [-0.4, -0.2) is 42.6 Å². The first-order valence-electron chi connectivity index (χ1n) is 2.76. The molecule has 0 amide bonds. The van der Waals surface area contributed by atoms with Gasteiger partial charge in [0.15, 0.2) is 0 Å². The maximum Gasteiger partial charge on any atom is 0.139 e. The van der Waals surface area contributed by atoms with E-state index in [9.17, 15) is 0 Å². The first-order chi connectivity index (χ1) is 3.72. The van der Waals surface area contributed by atoms with Gasteiger partial charge in [0.2, 0.25) is 0 Å². The highest BCUT2D eigenvalue weighted by molar-refractivity contribution is 6.20. The molecule has 0 radical (unpaired) electrons. The number of rotatable bonds is 0. The van der Waals surface area contributed by atoms with Crippen LogP contribution in [0.4, 0.5) is 0 Å². The topological polar surface area (TPSA) is 6.48 Å².